The Balaban J connectivity index is 1.88. The zero-order valence-electron chi connectivity index (χ0n) is 9.87. The third-order valence-corrected chi connectivity index (χ3v) is 3.03. The van der Waals surface area contributed by atoms with Gasteiger partial charge in [0.1, 0.15) is 11.5 Å². The molecule has 2 N–H and O–H groups in total. The second kappa shape index (κ2) is 5.73. The minimum Gasteiger partial charge on any atom is -0.465 e. The summed E-state index contributed by atoms with van der Waals surface area (Å²) in [5.41, 5.74) is 0.727. The van der Waals surface area contributed by atoms with Crippen molar-refractivity contribution in [3.05, 3.63) is 52.4 Å². The Labute approximate surface area is 114 Å². The summed E-state index contributed by atoms with van der Waals surface area (Å²) in [6.07, 6.45) is 0. The van der Waals surface area contributed by atoms with Crippen LogP contribution in [0.25, 0.3) is 0 Å². The highest BCUT2D eigenvalue weighted by Crippen LogP contribution is 2.20. The number of para-hydroxylation sites is 1. The fourth-order valence-electron chi connectivity index (χ4n) is 1.48. The van der Waals surface area contributed by atoms with E-state index in [2.05, 4.69) is 26.6 Å². The fraction of sp³-hybridized carbons (Fsp3) is 0.154. The molecule has 0 radical (unpaired) electrons. The monoisotopic (exact) mass is 308 g/mol. The molecule has 0 aliphatic rings. The highest BCUT2D eigenvalue weighted by Gasteiger charge is 2.05. The first-order chi connectivity index (χ1) is 8.65. The number of halogens is 1. The topological polar surface area (TPSA) is 54.3 Å². The van der Waals surface area contributed by atoms with Crippen molar-refractivity contribution in [1.29, 1.82) is 0 Å². The highest BCUT2D eigenvalue weighted by atomic mass is 79.9. The third kappa shape index (κ3) is 3.37. The van der Waals surface area contributed by atoms with Crippen LogP contribution in [0.2, 0.25) is 0 Å². The Morgan fingerprint density at radius 2 is 2.06 bits per heavy atom. The predicted octanol–water partition coefficient (Wildman–Crippen LogP) is 3.67. The molecule has 2 rings (SSSR count). The van der Waals surface area contributed by atoms with Crippen molar-refractivity contribution in [1.82, 2.24) is 5.32 Å². The summed E-state index contributed by atoms with van der Waals surface area (Å²) in [5.74, 6) is 1.56. The van der Waals surface area contributed by atoms with E-state index in [4.69, 9.17) is 4.42 Å². The lowest BCUT2D eigenvalue weighted by Crippen LogP contribution is -2.28. The van der Waals surface area contributed by atoms with Gasteiger partial charge in [-0.05, 0) is 47.1 Å². The Kier molecular flexibility index (Phi) is 4.04. The molecule has 0 aliphatic heterocycles. The van der Waals surface area contributed by atoms with E-state index in [1.54, 1.807) is 0 Å². The summed E-state index contributed by atoms with van der Waals surface area (Å²) < 4.78 is 6.20. The lowest BCUT2D eigenvalue weighted by Gasteiger charge is -2.07. The van der Waals surface area contributed by atoms with Crippen molar-refractivity contribution in [3.8, 4) is 0 Å². The molecule has 0 spiro atoms. The van der Waals surface area contributed by atoms with Gasteiger partial charge in [-0.2, -0.15) is 0 Å². The second-order valence-corrected chi connectivity index (χ2v) is 4.65. The predicted molar refractivity (Wildman–Crippen MR) is 73.4 cm³/mol. The van der Waals surface area contributed by atoms with Crippen LogP contribution in [0.1, 0.15) is 11.5 Å². The molecule has 2 amide bonds. The number of benzene rings is 1. The van der Waals surface area contributed by atoms with E-state index in [0.29, 0.717) is 6.54 Å². The van der Waals surface area contributed by atoms with E-state index in [0.717, 1.165) is 21.7 Å². The standard InChI is InChI=1S/C13H13BrN2O2/c1-9-6-7-10(18-9)8-15-13(17)16-12-5-3-2-4-11(12)14/h2-7H,8H2,1H3,(H2,15,16,17). The lowest BCUT2D eigenvalue weighted by molar-refractivity contribution is 0.250. The van der Waals surface area contributed by atoms with Crippen LogP contribution in [0.5, 0.6) is 0 Å². The first kappa shape index (κ1) is 12.7. The molecule has 18 heavy (non-hydrogen) atoms. The Morgan fingerprint density at radius 3 is 2.72 bits per heavy atom. The summed E-state index contributed by atoms with van der Waals surface area (Å²) in [5, 5.41) is 5.47. The van der Waals surface area contributed by atoms with Crippen LogP contribution < -0.4 is 10.6 Å². The van der Waals surface area contributed by atoms with E-state index in [-0.39, 0.29) is 6.03 Å². The van der Waals surface area contributed by atoms with Crippen LogP contribution in [-0.4, -0.2) is 6.03 Å². The fourth-order valence-corrected chi connectivity index (χ4v) is 1.86. The first-order valence-corrected chi connectivity index (χ1v) is 6.29. The van der Waals surface area contributed by atoms with Gasteiger partial charge in [0, 0.05) is 4.47 Å². The molecule has 0 atom stereocenters. The van der Waals surface area contributed by atoms with Crippen molar-refractivity contribution in [2.45, 2.75) is 13.5 Å². The minimum absolute atomic E-state index is 0.268. The van der Waals surface area contributed by atoms with Crippen LogP contribution in [0.15, 0.2) is 45.3 Å². The number of anilines is 1. The van der Waals surface area contributed by atoms with Gasteiger partial charge in [-0.25, -0.2) is 4.79 Å². The molecule has 0 saturated carbocycles. The Bertz CT molecular complexity index is 551. The maximum atomic E-state index is 11.7. The smallest absolute Gasteiger partial charge is 0.319 e. The minimum atomic E-state index is -0.268. The first-order valence-electron chi connectivity index (χ1n) is 5.50. The van der Waals surface area contributed by atoms with Crippen molar-refractivity contribution in [2.75, 3.05) is 5.32 Å². The number of aryl methyl sites for hydroxylation is 1. The maximum Gasteiger partial charge on any atom is 0.319 e. The number of nitrogens with one attached hydrogen (secondary N) is 2. The van der Waals surface area contributed by atoms with Gasteiger partial charge < -0.3 is 15.1 Å². The molecular formula is C13H13BrN2O2. The second-order valence-electron chi connectivity index (χ2n) is 3.80. The molecule has 4 nitrogen and oxygen atoms in total. The van der Waals surface area contributed by atoms with Gasteiger partial charge in [-0.15, -0.1) is 0 Å². The maximum absolute atomic E-state index is 11.7. The Morgan fingerprint density at radius 1 is 1.28 bits per heavy atom. The molecule has 0 bridgehead atoms. The molecule has 1 aromatic heterocycles. The van der Waals surface area contributed by atoms with Crippen molar-refractivity contribution in [2.24, 2.45) is 0 Å². The molecule has 0 aliphatic carbocycles. The quantitative estimate of drug-likeness (QED) is 0.909. The molecule has 1 aromatic carbocycles. The number of hydrogen-bond acceptors (Lipinski definition) is 2. The van der Waals surface area contributed by atoms with Crippen molar-refractivity contribution >= 4 is 27.6 Å². The van der Waals surface area contributed by atoms with Crippen LogP contribution in [0.4, 0.5) is 10.5 Å². The summed E-state index contributed by atoms with van der Waals surface area (Å²) in [6, 6.07) is 10.9. The van der Waals surface area contributed by atoms with Gasteiger partial charge in [0.15, 0.2) is 0 Å². The zero-order chi connectivity index (χ0) is 13.0. The van der Waals surface area contributed by atoms with E-state index in [9.17, 15) is 4.79 Å². The molecular weight excluding hydrogens is 296 g/mol. The number of rotatable bonds is 3. The highest BCUT2D eigenvalue weighted by molar-refractivity contribution is 9.10. The molecule has 0 fully saturated rings. The molecule has 0 unspecified atom stereocenters. The zero-order valence-corrected chi connectivity index (χ0v) is 11.5. The van der Waals surface area contributed by atoms with E-state index < -0.39 is 0 Å². The molecule has 1 heterocycles. The molecule has 0 saturated heterocycles. The largest absolute Gasteiger partial charge is 0.465 e. The number of furan rings is 1. The Hall–Kier alpha value is -1.75. The summed E-state index contributed by atoms with van der Waals surface area (Å²) in [7, 11) is 0. The van der Waals surface area contributed by atoms with Gasteiger partial charge in [0.25, 0.3) is 0 Å². The van der Waals surface area contributed by atoms with Crippen LogP contribution in [0, 0.1) is 6.92 Å². The third-order valence-electron chi connectivity index (χ3n) is 2.34. The number of amides is 2. The molecule has 2 aromatic rings. The van der Waals surface area contributed by atoms with Crippen molar-refractivity contribution < 1.29 is 9.21 Å². The number of carbonyl (C=O) groups is 1. The molecule has 94 valence electrons. The number of carbonyl (C=O) groups excluding carboxylic acids is 1. The van der Waals surface area contributed by atoms with E-state index >= 15 is 0 Å². The van der Waals surface area contributed by atoms with Crippen LogP contribution in [0.3, 0.4) is 0 Å². The van der Waals surface area contributed by atoms with E-state index in [1.807, 2.05) is 43.3 Å². The normalized spacial score (nSPS) is 10.1. The summed E-state index contributed by atoms with van der Waals surface area (Å²) in [4.78, 5) is 11.7. The van der Waals surface area contributed by atoms with Crippen molar-refractivity contribution in [3.63, 3.8) is 0 Å². The lowest BCUT2D eigenvalue weighted by atomic mass is 10.3. The van der Waals surface area contributed by atoms with Gasteiger partial charge >= 0.3 is 6.03 Å². The summed E-state index contributed by atoms with van der Waals surface area (Å²) in [6.45, 7) is 2.23. The average Bonchev–Trinajstić information content (AvgIpc) is 2.76. The number of urea groups is 1. The van der Waals surface area contributed by atoms with Gasteiger partial charge in [0.2, 0.25) is 0 Å². The van der Waals surface area contributed by atoms with E-state index in [1.165, 1.54) is 0 Å². The van der Waals surface area contributed by atoms with Crippen LogP contribution >= 0.6 is 15.9 Å². The summed E-state index contributed by atoms with van der Waals surface area (Å²) >= 11 is 3.36. The van der Waals surface area contributed by atoms with Gasteiger partial charge in [-0.1, -0.05) is 12.1 Å². The number of hydrogen-bond donors (Lipinski definition) is 2. The average molecular weight is 309 g/mol. The van der Waals surface area contributed by atoms with Crippen LogP contribution in [-0.2, 0) is 6.54 Å². The van der Waals surface area contributed by atoms with Gasteiger partial charge in [0.05, 0.1) is 12.2 Å². The molecule has 5 heteroatoms. The van der Waals surface area contributed by atoms with Gasteiger partial charge in [-0.3, -0.25) is 0 Å². The SMILES string of the molecule is Cc1ccc(CNC(=O)Nc2ccccc2Br)o1.